The summed E-state index contributed by atoms with van der Waals surface area (Å²) in [5, 5.41) is 17.9. The molecular formula is C14H24BrN3O. The monoisotopic (exact) mass is 329 g/mol. The van der Waals surface area contributed by atoms with Crippen LogP contribution in [0, 0.1) is 5.41 Å². The molecule has 0 aliphatic carbocycles. The number of piperidine rings is 1. The van der Waals surface area contributed by atoms with Crippen LogP contribution in [0.15, 0.2) is 4.47 Å². The summed E-state index contributed by atoms with van der Waals surface area (Å²) in [5.41, 5.74) is 2.39. The minimum Gasteiger partial charge on any atom is -0.396 e. The summed E-state index contributed by atoms with van der Waals surface area (Å²) in [4.78, 5) is 0. The molecule has 0 aromatic carbocycles. The molecule has 108 valence electrons. The summed E-state index contributed by atoms with van der Waals surface area (Å²) >= 11 is 3.70. The molecule has 1 fully saturated rings. The maximum Gasteiger partial charge on any atom is 0.0766 e. The lowest BCUT2D eigenvalue weighted by Gasteiger charge is -2.36. The van der Waals surface area contributed by atoms with E-state index in [4.69, 9.17) is 0 Å². The van der Waals surface area contributed by atoms with Crippen molar-refractivity contribution in [1.82, 2.24) is 15.1 Å². The molecule has 1 aliphatic rings. The van der Waals surface area contributed by atoms with E-state index in [0.717, 1.165) is 55.5 Å². The molecule has 2 heterocycles. The first kappa shape index (κ1) is 15.0. The van der Waals surface area contributed by atoms with Gasteiger partial charge in [-0.2, -0.15) is 5.10 Å². The quantitative estimate of drug-likeness (QED) is 0.870. The SMILES string of the molecule is CCc1nn(CC)c(CC2(CO)CCNCC2)c1Br. The number of nitrogens with zero attached hydrogens (tertiary/aromatic N) is 2. The molecule has 19 heavy (non-hydrogen) atoms. The summed E-state index contributed by atoms with van der Waals surface area (Å²) < 4.78 is 3.23. The smallest absolute Gasteiger partial charge is 0.0766 e. The Morgan fingerprint density at radius 3 is 2.58 bits per heavy atom. The van der Waals surface area contributed by atoms with E-state index in [1.807, 2.05) is 0 Å². The summed E-state index contributed by atoms with van der Waals surface area (Å²) in [6.07, 6.45) is 3.92. The summed E-state index contributed by atoms with van der Waals surface area (Å²) in [5.74, 6) is 0. The lowest BCUT2D eigenvalue weighted by Crippen LogP contribution is -2.41. The van der Waals surface area contributed by atoms with Crippen molar-refractivity contribution in [3.63, 3.8) is 0 Å². The highest BCUT2D eigenvalue weighted by Gasteiger charge is 2.33. The Kier molecular flexibility index (Phi) is 5.03. The molecule has 0 amide bonds. The van der Waals surface area contributed by atoms with Gasteiger partial charge in [-0.25, -0.2) is 0 Å². The van der Waals surface area contributed by atoms with Gasteiger partial charge in [-0.15, -0.1) is 0 Å². The van der Waals surface area contributed by atoms with Gasteiger partial charge in [-0.1, -0.05) is 6.92 Å². The first-order chi connectivity index (χ1) is 9.15. The van der Waals surface area contributed by atoms with Crippen molar-refractivity contribution in [1.29, 1.82) is 0 Å². The second-order valence-corrected chi connectivity index (χ2v) is 6.25. The van der Waals surface area contributed by atoms with Gasteiger partial charge in [0.05, 0.1) is 15.9 Å². The standard InChI is InChI=1S/C14H24BrN3O/c1-3-11-13(15)12(18(4-2)17-11)9-14(10-19)5-7-16-8-6-14/h16,19H,3-10H2,1-2H3. The number of aromatic nitrogens is 2. The largest absolute Gasteiger partial charge is 0.396 e. The van der Waals surface area contributed by atoms with Crippen LogP contribution in [-0.4, -0.2) is 34.6 Å². The Balaban J connectivity index is 2.28. The molecule has 0 radical (unpaired) electrons. The summed E-state index contributed by atoms with van der Waals surface area (Å²) in [6, 6.07) is 0. The second kappa shape index (κ2) is 6.37. The Morgan fingerprint density at radius 1 is 1.37 bits per heavy atom. The van der Waals surface area contributed by atoms with Crippen molar-refractivity contribution < 1.29 is 5.11 Å². The number of rotatable bonds is 5. The van der Waals surface area contributed by atoms with E-state index in [9.17, 15) is 5.11 Å². The maximum absolute atomic E-state index is 9.85. The number of aliphatic hydroxyl groups is 1. The van der Waals surface area contributed by atoms with Crippen molar-refractivity contribution in [2.75, 3.05) is 19.7 Å². The van der Waals surface area contributed by atoms with E-state index in [0.29, 0.717) is 0 Å². The van der Waals surface area contributed by atoms with E-state index in [-0.39, 0.29) is 12.0 Å². The molecule has 1 saturated heterocycles. The van der Waals surface area contributed by atoms with Gasteiger partial charge in [0.15, 0.2) is 0 Å². The van der Waals surface area contributed by atoms with Crippen LogP contribution in [0.1, 0.15) is 38.1 Å². The summed E-state index contributed by atoms with van der Waals surface area (Å²) in [7, 11) is 0. The number of halogens is 1. The second-order valence-electron chi connectivity index (χ2n) is 5.46. The molecule has 1 aromatic heterocycles. The van der Waals surface area contributed by atoms with E-state index >= 15 is 0 Å². The third-order valence-corrected chi connectivity index (χ3v) is 5.15. The Hall–Kier alpha value is -0.390. The fraction of sp³-hybridized carbons (Fsp3) is 0.786. The van der Waals surface area contributed by atoms with Gasteiger partial charge < -0.3 is 10.4 Å². The number of aryl methyl sites for hydroxylation is 2. The van der Waals surface area contributed by atoms with Crippen molar-refractivity contribution >= 4 is 15.9 Å². The Labute approximate surface area is 123 Å². The number of nitrogens with one attached hydrogen (secondary N) is 1. The van der Waals surface area contributed by atoms with Crippen molar-refractivity contribution in [2.45, 2.75) is 46.1 Å². The highest BCUT2D eigenvalue weighted by Crippen LogP contribution is 2.35. The lowest BCUT2D eigenvalue weighted by molar-refractivity contribution is 0.0870. The molecule has 4 nitrogen and oxygen atoms in total. The van der Waals surface area contributed by atoms with Crippen LogP contribution in [0.4, 0.5) is 0 Å². The van der Waals surface area contributed by atoms with Gasteiger partial charge in [0.1, 0.15) is 0 Å². The Morgan fingerprint density at radius 2 is 2.05 bits per heavy atom. The van der Waals surface area contributed by atoms with Gasteiger partial charge in [-0.3, -0.25) is 4.68 Å². The highest BCUT2D eigenvalue weighted by atomic mass is 79.9. The molecule has 0 bridgehead atoms. The van der Waals surface area contributed by atoms with Crippen LogP contribution in [0.5, 0.6) is 0 Å². The van der Waals surface area contributed by atoms with Crippen molar-refractivity contribution in [2.24, 2.45) is 5.41 Å². The first-order valence-corrected chi connectivity index (χ1v) is 8.00. The van der Waals surface area contributed by atoms with Crippen LogP contribution >= 0.6 is 15.9 Å². The van der Waals surface area contributed by atoms with E-state index in [2.05, 4.69) is 44.9 Å². The molecule has 0 atom stereocenters. The van der Waals surface area contributed by atoms with E-state index in [1.54, 1.807) is 0 Å². The predicted octanol–water partition coefficient (Wildman–Crippen LogP) is 2.13. The minimum absolute atomic E-state index is 0.0196. The van der Waals surface area contributed by atoms with Crippen LogP contribution < -0.4 is 5.32 Å². The lowest BCUT2D eigenvalue weighted by atomic mass is 9.76. The van der Waals surface area contributed by atoms with E-state index < -0.39 is 0 Å². The van der Waals surface area contributed by atoms with Crippen LogP contribution in [0.3, 0.4) is 0 Å². The van der Waals surface area contributed by atoms with Crippen molar-refractivity contribution in [3.8, 4) is 0 Å². The average Bonchev–Trinajstić information content (AvgIpc) is 2.76. The molecule has 1 aromatic rings. The fourth-order valence-electron chi connectivity index (χ4n) is 2.89. The van der Waals surface area contributed by atoms with Gasteiger partial charge in [-0.05, 0) is 61.6 Å². The third-order valence-electron chi connectivity index (χ3n) is 4.24. The van der Waals surface area contributed by atoms with Crippen molar-refractivity contribution in [3.05, 3.63) is 15.9 Å². The predicted molar refractivity (Wildman–Crippen MR) is 80.3 cm³/mol. The molecule has 2 rings (SSSR count). The zero-order chi connectivity index (χ0) is 13.9. The molecule has 5 heteroatoms. The Bertz CT molecular complexity index is 425. The van der Waals surface area contributed by atoms with Crippen LogP contribution in [0.2, 0.25) is 0 Å². The number of hydrogen-bond donors (Lipinski definition) is 2. The van der Waals surface area contributed by atoms with Crippen LogP contribution in [-0.2, 0) is 19.4 Å². The van der Waals surface area contributed by atoms with Gasteiger partial charge in [0, 0.05) is 18.6 Å². The molecular weight excluding hydrogens is 306 g/mol. The van der Waals surface area contributed by atoms with Gasteiger partial charge in [0.2, 0.25) is 0 Å². The maximum atomic E-state index is 9.85. The normalized spacial score (nSPS) is 18.7. The molecule has 0 spiro atoms. The zero-order valence-electron chi connectivity index (χ0n) is 11.9. The highest BCUT2D eigenvalue weighted by molar-refractivity contribution is 9.10. The van der Waals surface area contributed by atoms with Gasteiger partial charge >= 0.3 is 0 Å². The number of aliphatic hydroxyl groups excluding tert-OH is 1. The number of hydrogen-bond acceptors (Lipinski definition) is 3. The summed E-state index contributed by atoms with van der Waals surface area (Å²) in [6.45, 7) is 7.39. The fourth-order valence-corrected chi connectivity index (χ4v) is 3.59. The van der Waals surface area contributed by atoms with E-state index in [1.165, 1.54) is 5.69 Å². The minimum atomic E-state index is 0.0196. The third kappa shape index (κ3) is 3.03. The molecule has 0 saturated carbocycles. The molecule has 2 N–H and O–H groups in total. The van der Waals surface area contributed by atoms with Crippen LogP contribution in [0.25, 0.3) is 0 Å². The topological polar surface area (TPSA) is 50.1 Å². The average molecular weight is 330 g/mol. The zero-order valence-corrected chi connectivity index (χ0v) is 13.5. The molecule has 0 unspecified atom stereocenters. The first-order valence-electron chi connectivity index (χ1n) is 7.21. The molecule has 1 aliphatic heterocycles. The van der Waals surface area contributed by atoms with Gasteiger partial charge in [0.25, 0.3) is 0 Å².